The van der Waals surface area contributed by atoms with Gasteiger partial charge in [-0.15, -0.1) is 0 Å². The number of aliphatic imine (C=N–C) groups is 1. The molecule has 0 saturated carbocycles. The van der Waals surface area contributed by atoms with Crippen molar-refractivity contribution in [2.45, 2.75) is 25.3 Å². The molecule has 2 N–H and O–H groups in total. The Kier molecular flexibility index (Phi) is 4.74. The van der Waals surface area contributed by atoms with Crippen LogP contribution in [0.2, 0.25) is 0 Å². The Morgan fingerprint density at radius 3 is 2.78 bits per heavy atom. The molecule has 0 bridgehead atoms. The van der Waals surface area contributed by atoms with Crippen LogP contribution in [-0.2, 0) is 16.8 Å². The van der Waals surface area contributed by atoms with Crippen LogP contribution in [-0.4, -0.2) is 34.6 Å². The van der Waals surface area contributed by atoms with Crippen molar-refractivity contribution in [1.29, 1.82) is 0 Å². The van der Waals surface area contributed by atoms with Gasteiger partial charge in [0, 0.05) is 19.7 Å². The number of nitrogens with zero attached hydrogens (tertiary/aromatic N) is 4. The molecule has 136 valence electrons. The van der Waals surface area contributed by atoms with E-state index in [4.69, 9.17) is 12.3 Å². The zero-order chi connectivity index (χ0) is 19.6. The first-order chi connectivity index (χ1) is 12.8. The normalized spacial score (nSPS) is 19.4. The van der Waals surface area contributed by atoms with Crippen LogP contribution in [0, 0.1) is 6.57 Å². The standard InChI is InChI=1S/C20H19N5O2/c1-20(11-18(27)25(3)19(21)24-20)14-6-4-5-13(9-14)10-17(26)16-8-7-15(22-2)12-23-16/h4-9,12H,10-11H2,1,3H3,(H2,21,24). The fourth-order valence-corrected chi connectivity index (χ4v) is 2.98. The maximum Gasteiger partial charge on any atom is 0.231 e. The van der Waals surface area contributed by atoms with Gasteiger partial charge in [0.05, 0.1) is 18.5 Å². The van der Waals surface area contributed by atoms with E-state index >= 15 is 0 Å². The lowest BCUT2D eigenvalue weighted by molar-refractivity contribution is -0.128. The third kappa shape index (κ3) is 3.70. The lowest BCUT2D eigenvalue weighted by Gasteiger charge is -2.33. The van der Waals surface area contributed by atoms with E-state index in [1.807, 2.05) is 31.2 Å². The molecule has 1 aliphatic heterocycles. The molecular weight excluding hydrogens is 342 g/mol. The zero-order valence-electron chi connectivity index (χ0n) is 15.1. The number of ketones is 1. The van der Waals surface area contributed by atoms with E-state index < -0.39 is 5.54 Å². The van der Waals surface area contributed by atoms with E-state index in [0.29, 0.717) is 11.4 Å². The number of aromatic nitrogens is 1. The molecule has 1 unspecified atom stereocenters. The minimum absolute atomic E-state index is 0.101. The van der Waals surface area contributed by atoms with Gasteiger partial charge in [-0.2, -0.15) is 0 Å². The number of pyridine rings is 1. The van der Waals surface area contributed by atoms with Gasteiger partial charge in [-0.1, -0.05) is 30.3 Å². The van der Waals surface area contributed by atoms with Crippen molar-refractivity contribution in [3.05, 3.63) is 70.8 Å². The molecule has 27 heavy (non-hydrogen) atoms. The molecule has 1 aliphatic rings. The summed E-state index contributed by atoms with van der Waals surface area (Å²) in [5.41, 5.74) is 7.45. The van der Waals surface area contributed by atoms with Crippen LogP contribution in [0.25, 0.3) is 4.85 Å². The number of benzene rings is 1. The van der Waals surface area contributed by atoms with E-state index in [-0.39, 0.29) is 30.5 Å². The van der Waals surface area contributed by atoms with E-state index in [9.17, 15) is 9.59 Å². The Hall–Kier alpha value is -3.53. The second-order valence-corrected chi connectivity index (χ2v) is 6.69. The quantitative estimate of drug-likeness (QED) is 0.669. The first-order valence-electron chi connectivity index (χ1n) is 8.40. The molecule has 0 fully saturated rings. The molecule has 2 aromatic rings. The summed E-state index contributed by atoms with van der Waals surface area (Å²) in [6, 6.07) is 10.6. The van der Waals surface area contributed by atoms with Gasteiger partial charge >= 0.3 is 0 Å². The highest BCUT2D eigenvalue weighted by atomic mass is 16.2. The highest BCUT2D eigenvalue weighted by molar-refractivity contribution is 5.99. The lowest BCUT2D eigenvalue weighted by atomic mass is 9.86. The number of Topliss-reactive ketones (excluding diaryl/α,β-unsaturated/α-hetero) is 1. The number of rotatable bonds is 4. The van der Waals surface area contributed by atoms with Gasteiger partial charge in [-0.3, -0.25) is 19.5 Å². The minimum atomic E-state index is -0.762. The second kappa shape index (κ2) is 7.00. The van der Waals surface area contributed by atoms with Gasteiger partial charge in [-0.05, 0) is 24.1 Å². The Labute approximate surface area is 157 Å². The number of carbonyl (C=O) groups excluding carboxylic acids is 2. The third-order valence-electron chi connectivity index (χ3n) is 4.65. The molecule has 2 heterocycles. The predicted molar refractivity (Wildman–Crippen MR) is 101 cm³/mol. The van der Waals surface area contributed by atoms with E-state index in [0.717, 1.165) is 11.1 Å². The Morgan fingerprint density at radius 1 is 1.37 bits per heavy atom. The molecule has 1 aromatic carbocycles. The van der Waals surface area contributed by atoms with Gasteiger partial charge in [0.1, 0.15) is 5.69 Å². The molecular formula is C20H19N5O2. The Morgan fingerprint density at radius 2 is 2.15 bits per heavy atom. The smallest absolute Gasteiger partial charge is 0.231 e. The summed E-state index contributed by atoms with van der Waals surface area (Å²) in [7, 11) is 1.60. The molecule has 0 aliphatic carbocycles. The average Bonchev–Trinajstić information content (AvgIpc) is 2.66. The van der Waals surface area contributed by atoms with Crippen LogP contribution in [0.3, 0.4) is 0 Å². The molecule has 0 radical (unpaired) electrons. The number of hydrogen-bond acceptors (Lipinski definition) is 5. The fourth-order valence-electron chi connectivity index (χ4n) is 2.98. The van der Waals surface area contributed by atoms with Gasteiger partial charge in [0.25, 0.3) is 0 Å². The number of guanidine groups is 1. The lowest BCUT2D eigenvalue weighted by Crippen LogP contribution is -2.47. The number of nitrogens with two attached hydrogens (primary N) is 1. The average molecular weight is 361 g/mol. The van der Waals surface area contributed by atoms with Gasteiger partial charge in [0.2, 0.25) is 11.6 Å². The topological polar surface area (TPSA) is 93.0 Å². The van der Waals surface area contributed by atoms with Crippen molar-refractivity contribution in [3.63, 3.8) is 0 Å². The molecule has 7 heteroatoms. The van der Waals surface area contributed by atoms with Crippen LogP contribution in [0.1, 0.15) is 35.0 Å². The summed E-state index contributed by atoms with van der Waals surface area (Å²) in [6.45, 7) is 8.79. The molecule has 0 spiro atoms. The molecule has 7 nitrogen and oxygen atoms in total. The van der Waals surface area contributed by atoms with E-state index in [2.05, 4.69) is 14.8 Å². The third-order valence-corrected chi connectivity index (χ3v) is 4.65. The summed E-state index contributed by atoms with van der Waals surface area (Å²) in [5, 5.41) is 0. The maximum absolute atomic E-state index is 12.5. The second-order valence-electron chi connectivity index (χ2n) is 6.69. The van der Waals surface area contributed by atoms with Crippen molar-refractivity contribution in [2.24, 2.45) is 10.7 Å². The predicted octanol–water partition coefficient (Wildman–Crippen LogP) is 2.45. The summed E-state index contributed by atoms with van der Waals surface area (Å²) in [6.07, 6.45) is 1.77. The van der Waals surface area contributed by atoms with Crippen molar-refractivity contribution in [2.75, 3.05) is 7.05 Å². The highest BCUT2D eigenvalue weighted by Gasteiger charge is 2.36. The van der Waals surface area contributed by atoms with E-state index in [1.165, 1.54) is 11.1 Å². The van der Waals surface area contributed by atoms with Crippen molar-refractivity contribution in [3.8, 4) is 0 Å². The van der Waals surface area contributed by atoms with Crippen LogP contribution in [0.5, 0.6) is 0 Å². The Bertz CT molecular complexity index is 975. The molecule has 0 saturated heterocycles. The van der Waals surface area contributed by atoms with Crippen LogP contribution >= 0.6 is 0 Å². The molecule has 1 amide bonds. The summed E-state index contributed by atoms with van der Waals surface area (Å²) in [5.74, 6) is -0.0637. The fraction of sp³-hybridized carbons (Fsp3) is 0.250. The summed E-state index contributed by atoms with van der Waals surface area (Å²) < 4.78 is 0. The largest absolute Gasteiger partial charge is 0.369 e. The van der Waals surface area contributed by atoms with Gasteiger partial charge in [-0.25, -0.2) is 9.84 Å². The molecule has 1 aromatic heterocycles. The number of amides is 1. The van der Waals surface area contributed by atoms with Crippen LogP contribution in [0.15, 0.2) is 47.6 Å². The van der Waals surface area contributed by atoms with E-state index in [1.54, 1.807) is 19.2 Å². The van der Waals surface area contributed by atoms with Gasteiger partial charge < -0.3 is 5.73 Å². The molecule has 1 atom stereocenters. The summed E-state index contributed by atoms with van der Waals surface area (Å²) in [4.78, 5) is 37.8. The first kappa shape index (κ1) is 18.3. The highest BCUT2D eigenvalue weighted by Crippen LogP contribution is 2.33. The van der Waals surface area contributed by atoms with Crippen LogP contribution < -0.4 is 5.73 Å². The van der Waals surface area contributed by atoms with Crippen molar-refractivity contribution >= 4 is 23.3 Å². The SMILES string of the molecule is [C-]#[N+]c1ccc(C(=O)Cc2cccc(C3(C)CC(=O)N(C)C(N)=N3)c2)nc1. The zero-order valence-corrected chi connectivity index (χ0v) is 15.1. The number of hydrogen-bond donors (Lipinski definition) is 1. The number of carbonyl (C=O) groups is 2. The first-order valence-corrected chi connectivity index (χ1v) is 8.40. The Balaban J connectivity index is 1.84. The minimum Gasteiger partial charge on any atom is -0.369 e. The van der Waals surface area contributed by atoms with Crippen molar-refractivity contribution < 1.29 is 9.59 Å². The van der Waals surface area contributed by atoms with Crippen LogP contribution in [0.4, 0.5) is 5.69 Å². The monoisotopic (exact) mass is 361 g/mol. The summed E-state index contributed by atoms with van der Waals surface area (Å²) >= 11 is 0. The molecule has 3 rings (SSSR count). The van der Waals surface area contributed by atoms with Crippen molar-refractivity contribution in [1.82, 2.24) is 9.88 Å². The maximum atomic E-state index is 12.5. The van der Waals surface area contributed by atoms with Gasteiger partial charge in [0.15, 0.2) is 11.7 Å².